The summed E-state index contributed by atoms with van der Waals surface area (Å²) < 4.78 is 10.2. The first kappa shape index (κ1) is 10.5. The highest BCUT2D eigenvalue weighted by atomic mass is 16.5. The van der Waals surface area contributed by atoms with Gasteiger partial charge in [0.15, 0.2) is 0 Å². The Morgan fingerprint density at radius 3 is 2.31 bits per heavy atom. The van der Waals surface area contributed by atoms with Crippen molar-refractivity contribution in [2.45, 2.75) is 44.4 Å². The molecule has 4 heteroatoms. The van der Waals surface area contributed by atoms with E-state index < -0.39 is 5.54 Å². The fourth-order valence-electron chi connectivity index (χ4n) is 1.97. The molecule has 1 saturated heterocycles. The van der Waals surface area contributed by atoms with Crippen LogP contribution in [0.25, 0.3) is 0 Å². The summed E-state index contributed by atoms with van der Waals surface area (Å²) in [6.07, 6.45) is 1.11. The van der Waals surface area contributed by atoms with Gasteiger partial charge in [-0.2, -0.15) is 0 Å². The maximum absolute atomic E-state index is 11.4. The van der Waals surface area contributed by atoms with Crippen molar-refractivity contribution in [1.82, 2.24) is 0 Å². The van der Waals surface area contributed by atoms with E-state index in [1.54, 1.807) is 0 Å². The van der Waals surface area contributed by atoms with E-state index in [1.165, 1.54) is 7.11 Å². The minimum atomic E-state index is -0.855. The quantitative estimate of drug-likeness (QED) is 0.605. The number of esters is 1. The maximum atomic E-state index is 11.4. The molecule has 1 rings (SSSR count). The largest absolute Gasteiger partial charge is 0.468 e. The Morgan fingerprint density at radius 1 is 1.46 bits per heavy atom. The lowest BCUT2D eigenvalue weighted by Crippen LogP contribution is -2.56. The first-order valence-electron chi connectivity index (χ1n) is 4.50. The Hall–Kier alpha value is -0.610. The molecule has 0 amide bonds. The predicted molar refractivity (Wildman–Crippen MR) is 48.2 cm³/mol. The van der Waals surface area contributed by atoms with Gasteiger partial charge in [0.1, 0.15) is 5.54 Å². The Balaban J connectivity index is 2.71. The molecule has 0 radical (unpaired) electrons. The summed E-state index contributed by atoms with van der Waals surface area (Å²) in [7, 11) is 1.36. The third-order valence-electron chi connectivity index (χ3n) is 2.36. The van der Waals surface area contributed by atoms with E-state index in [-0.39, 0.29) is 18.2 Å². The summed E-state index contributed by atoms with van der Waals surface area (Å²) in [4.78, 5) is 11.4. The number of rotatable bonds is 1. The molecule has 0 aromatic rings. The molecule has 0 aromatic carbocycles. The van der Waals surface area contributed by atoms with Crippen molar-refractivity contribution in [2.75, 3.05) is 7.11 Å². The van der Waals surface area contributed by atoms with Crippen LogP contribution in [0, 0.1) is 0 Å². The van der Waals surface area contributed by atoms with E-state index in [0.29, 0.717) is 12.8 Å². The number of carbonyl (C=O) groups excluding carboxylic acids is 1. The van der Waals surface area contributed by atoms with Crippen LogP contribution >= 0.6 is 0 Å². The van der Waals surface area contributed by atoms with Crippen molar-refractivity contribution in [2.24, 2.45) is 5.73 Å². The summed E-state index contributed by atoms with van der Waals surface area (Å²) in [5.74, 6) is -0.338. The van der Waals surface area contributed by atoms with Gasteiger partial charge in [0, 0.05) is 12.8 Å². The highest BCUT2D eigenvalue weighted by Crippen LogP contribution is 2.27. The molecule has 1 aliphatic rings. The smallest absolute Gasteiger partial charge is 0.326 e. The van der Waals surface area contributed by atoms with Crippen LogP contribution < -0.4 is 5.73 Å². The molecule has 0 spiro atoms. The highest BCUT2D eigenvalue weighted by Gasteiger charge is 2.42. The number of carbonyl (C=O) groups is 1. The molecule has 0 bridgehead atoms. The molecule has 0 aliphatic carbocycles. The van der Waals surface area contributed by atoms with E-state index in [9.17, 15) is 4.79 Å². The van der Waals surface area contributed by atoms with Crippen LogP contribution in [0.2, 0.25) is 0 Å². The Morgan fingerprint density at radius 2 is 1.92 bits per heavy atom. The van der Waals surface area contributed by atoms with Crippen molar-refractivity contribution in [3.05, 3.63) is 0 Å². The molecular formula is C9H17NO3. The fourth-order valence-corrected chi connectivity index (χ4v) is 1.97. The van der Waals surface area contributed by atoms with E-state index in [0.717, 1.165) is 0 Å². The normalized spacial score (nSPS) is 40.0. The van der Waals surface area contributed by atoms with Gasteiger partial charge in [-0.15, -0.1) is 0 Å². The van der Waals surface area contributed by atoms with Crippen molar-refractivity contribution >= 4 is 5.97 Å². The lowest BCUT2D eigenvalue weighted by atomic mass is 9.85. The van der Waals surface area contributed by atoms with Crippen LogP contribution in [0.3, 0.4) is 0 Å². The van der Waals surface area contributed by atoms with E-state index in [4.69, 9.17) is 10.5 Å². The van der Waals surface area contributed by atoms with Crippen LogP contribution in [0.1, 0.15) is 26.7 Å². The van der Waals surface area contributed by atoms with Crippen LogP contribution in [0.4, 0.5) is 0 Å². The first-order valence-corrected chi connectivity index (χ1v) is 4.50. The van der Waals surface area contributed by atoms with Gasteiger partial charge in [-0.05, 0) is 13.8 Å². The molecule has 13 heavy (non-hydrogen) atoms. The number of hydrogen-bond donors (Lipinski definition) is 1. The van der Waals surface area contributed by atoms with Gasteiger partial charge < -0.3 is 15.2 Å². The van der Waals surface area contributed by atoms with Gasteiger partial charge in [0.05, 0.1) is 19.3 Å². The van der Waals surface area contributed by atoms with Crippen molar-refractivity contribution in [3.8, 4) is 0 Å². The summed E-state index contributed by atoms with van der Waals surface area (Å²) in [6.45, 7) is 3.83. The second kappa shape index (κ2) is 3.64. The summed E-state index contributed by atoms with van der Waals surface area (Å²) in [5.41, 5.74) is 5.08. The van der Waals surface area contributed by atoms with Crippen LogP contribution in [-0.4, -0.2) is 30.8 Å². The number of ether oxygens (including phenoxy) is 2. The van der Waals surface area contributed by atoms with Gasteiger partial charge in [-0.3, -0.25) is 4.79 Å². The standard InChI is InChI=1S/C9H17NO3/c1-6-4-9(10,8(11)12-3)5-7(2)13-6/h6-7H,4-5,10H2,1-3H3. The average molecular weight is 187 g/mol. The predicted octanol–water partition coefficient (Wildman–Crippen LogP) is 0.444. The zero-order chi connectivity index (χ0) is 10.1. The minimum absolute atomic E-state index is 0.0212. The number of methoxy groups -OCH3 is 1. The maximum Gasteiger partial charge on any atom is 0.326 e. The molecule has 1 fully saturated rings. The van der Waals surface area contributed by atoms with E-state index in [2.05, 4.69) is 4.74 Å². The third-order valence-corrected chi connectivity index (χ3v) is 2.36. The molecule has 0 saturated carbocycles. The van der Waals surface area contributed by atoms with Gasteiger partial charge >= 0.3 is 5.97 Å². The highest BCUT2D eigenvalue weighted by molar-refractivity contribution is 5.80. The second-order valence-corrected chi connectivity index (χ2v) is 3.81. The molecule has 1 aliphatic heterocycles. The molecular weight excluding hydrogens is 170 g/mol. The monoisotopic (exact) mass is 187 g/mol. The Bertz CT molecular complexity index is 195. The lowest BCUT2D eigenvalue weighted by Gasteiger charge is -2.37. The summed E-state index contributed by atoms with van der Waals surface area (Å²) in [5, 5.41) is 0. The SMILES string of the molecule is COC(=O)C1(N)CC(C)OC(C)C1. The van der Waals surface area contributed by atoms with Crippen molar-refractivity contribution < 1.29 is 14.3 Å². The zero-order valence-corrected chi connectivity index (χ0v) is 8.37. The van der Waals surface area contributed by atoms with Gasteiger partial charge in [-0.25, -0.2) is 0 Å². The lowest BCUT2D eigenvalue weighted by molar-refractivity contribution is -0.156. The van der Waals surface area contributed by atoms with Gasteiger partial charge in [0.2, 0.25) is 0 Å². The summed E-state index contributed by atoms with van der Waals surface area (Å²) in [6, 6.07) is 0. The molecule has 2 unspecified atom stereocenters. The molecule has 0 aromatic heterocycles. The Kier molecular flexibility index (Phi) is 2.93. The number of nitrogens with two attached hydrogens (primary N) is 1. The van der Waals surface area contributed by atoms with Crippen LogP contribution in [0.15, 0.2) is 0 Å². The average Bonchev–Trinajstić information content (AvgIpc) is 2.00. The molecule has 1 heterocycles. The Labute approximate surface area is 78.4 Å². The molecule has 4 nitrogen and oxygen atoms in total. The minimum Gasteiger partial charge on any atom is -0.468 e. The number of hydrogen-bond acceptors (Lipinski definition) is 4. The van der Waals surface area contributed by atoms with Crippen molar-refractivity contribution in [1.29, 1.82) is 0 Å². The van der Waals surface area contributed by atoms with Crippen LogP contribution in [-0.2, 0) is 14.3 Å². The van der Waals surface area contributed by atoms with E-state index in [1.807, 2.05) is 13.8 Å². The van der Waals surface area contributed by atoms with E-state index >= 15 is 0 Å². The fraction of sp³-hybridized carbons (Fsp3) is 0.889. The second-order valence-electron chi connectivity index (χ2n) is 3.81. The molecule has 76 valence electrons. The zero-order valence-electron chi connectivity index (χ0n) is 8.37. The third kappa shape index (κ3) is 2.19. The summed E-state index contributed by atoms with van der Waals surface area (Å²) >= 11 is 0. The van der Waals surface area contributed by atoms with Crippen molar-refractivity contribution in [3.63, 3.8) is 0 Å². The molecule has 2 atom stereocenters. The topological polar surface area (TPSA) is 61.5 Å². The van der Waals surface area contributed by atoms with Gasteiger partial charge in [0.25, 0.3) is 0 Å². The van der Waals surface area contributed by atoms with Crippen LogP contribution in [0.5, 0.6) is 0 Å². The molecule has 2 N–H and O–H groups in total. The first-order chi connectivity index (χ1) is 5.98. The van der Waals surface area contributed by atoms with Gasteiger partial charge in [-0.1, -0.05) is 0 Å².